The number of amides is 1. The monoisotopic (exact) mass is 376 g/mol. The number of carboxylic acids is 1. The summed E-state index contributed by atoms with van der Waals surface area (Å²) in [6.07, 6.45) is 6.83. The van der Waals surface area contributed by atoms with E-state index in [1.807, 2.05) is 12.1 Å². The molecule has 1 N–H and O–H groups in total. The van der Waals surface area contributed by atoms with Gasteiger partial charge in [-0.05, 0) is 36.6 Å². The quantitative estimate of drug-likeness (QED) is 0.642. The first kappa shape index (κ1) is 17.9. The normalized spacial score (nSPS) is 20.2. The van der Waals surface area contributed by atoms with Gasteiger partial charge in [0.05, 0.1) is 4.91 Å². The summed E-state index contributed by atoms with van der Waals surface area (Å²) in [7, 11) is 0. The minimum atomic E-state index is -1.07. The van der Waals surface area contributed by atoms with E-state index in [1.165, 1.54) is 31.4 Å². The van der Waals surface area contributed by atoms with Gasteiger partial charge in [-0.15, -0.1) is 0 Å². The lowest BCUT2D eigenvalue weighted by molar-refractivity contribution is -0.140. The van der Waals surface area contributed by atoms with Gasteiger partial charge in [-0.2, -0.15) is 0 Å². The predicted octanol–water partition coefficient (Wildman–Crippen LogP) is 3.35. The molecule has 0 aromatic heterocycles. The van der Waals surface area contributed by atoms with Crippen molar-refractivity contribution >= 4 is 51.9 Å². The predicted molar refractivity (Wildman–Crippen MR) is 105 cm³/mol. The van der Waals surface area contributed by atoms with Crippen LogP contribution >= 0.6 is 24.0 Å². The molecule has 0 bridgehead atoms. The third kappa shape index (κ3) is 4.41. The van der Waals surface area contributed by atoms with Crippen molar-refractivity contribution in [2.24, 2.45) is 0 Å². The van der Waals surface area contributed by atoms with Crippen LogP contribution in [0.4, 0.5) is 5.69 Å². The zero-order valence-corrected chi connectivity index (χ0v) is 15.4. The zero-order chi connectivity index (χ0) is 17.8. The van der Waals surface area contributed by atoms with Gasteiger partial charge < -0.3 is 10.0 Å². The van der Waals surface area contributed by atoms with E-state index in [2.05, 4.69) is 17.0 Å². The maximum atomic E-state index is 12.3. The number of anilines is 1. The molecule has 0 saturated carbocycles. The Morgan fingerprint density at radius 1 is 1.16 bits per heavy atom. The Balaban J connectivity index is 1.72. The van der Waals surface area contributed by atoms with Crippen molar-refractivity contribution in [1.82, 2.24) is 4.90 Å². The van der Waals surface area contributed by atoms with E-state index in [0.29, 0.717) is 9.23 Å². The number of thiocarbonyl (C=S) groups is 1. The molecule has 7 heteroatoms. The van der Waals surface area contributed by atoms with E-state index in [1.54, 1.807) is 6.08 Å². The van der Waals surface area contributed by atoms with Gasteiger partial charge in [0.1, 0.15) is 10.9 Å². The second-order valence-electron chi connectivity index (χ2n) is 6.15. The average Bonchev–Trinajstić information content (AvgIpc) is 2.79. The van der Waals surface area contributed by atoms with Crippen LogP contribution in [-0.2, 0) is 9.59 Å². The smallest absolute Gasteiger partial charge is 0.323 e. The fourth-order valence-electron chi connectivity index (χ4n) is 3.03. The molecule has 132 valence electrons. The summed E-state index contributed by atoms with van der Waals surface area (Å²) < 4.78 is 0.292. The Morgan fingerprint density at radius 2 is 1.80 bits per heavy atom. The van der Waals surface area contributed by atoms with Crippen LogP contribution in [0.1, 0.15) is 31.2 Å². The van der Waals surface area contributed by atoms with Gasteiger partial charge in [0, 0.05) is 18.8 Å². The number of benzene rings is 1. The summed E-state index contributed by atoms with van der Waals surface area (Å²) in [5, 5.41) is 8.87. The number of rotatable bonds is 4. The van der Waals surface area contributed by atoms with E-state index in [4.69, 9.17) is 17.3 Å². The summed E-state index contributed by atoms with van der Waals surface area (Å²) in [6, 6.07) is 8.14. The highest BCUT2D eigenvalue weighted by molar-refractivity contribution is 8.26. The SMILES string of the molecule is O=C(O)CN1C(=O)/C(=C/c2ccc(N3CCCCCC3)cc2)SC1=S. The fraction of sp³-hybridized carbons (Fsp3) is 0.389. The number of hydrogen-bond donors (Lipinski definition) is 1. The van der Waals surface area contributed by atoms with Crippen molar-refractivity contribution in [1.29, 1.82) is 0 Å². The number of carboxylic acid groups (broad SMARTS) is 1. The number of thioether (sulfide) groups is 1. The van der Waals surface area contributed by atoms with Gasteiger partial charge in [0.25, 0.3) is 5.91 Å². The van der Waals surface area contributed by atoms with Gasteiger partial charge in [-0.1, -0.05) is 49.0 Å². The molecule has 1 aromatic rings. The first-order chi connectivity index (χ1) is 12.0. The molecule has 0 spiro atoms. The first-order valence-corrected chi connectivity index (χ1v) is 9.59. The van der Waals surface area contributed by atoms with Gasteiger partial charge in [0.15, 0.2) is 0 Å². The molecule has 2 heterocycles. The summed E-state index contributed by atoms with van der Waals surface area (Å²) in [5.41, 5.74) is 2.12. The molecule has 25 heavy (non-hydrogen) atoms. The van der Waals surface area contributed by atoms with Crippen LogP contribution in [0.2, 0.25) is 0 Å². The average molecular weight is 377 g/mol. The number of carbonyl (C=O) groups is 2. The van der Waals surface area contributed by atoms with Crippen LogP contribution < -0.4 is 4.90 Å². The van der Waals surface area contributed by atoms with E-state index >= 15 is 0 Å². The van der Waals surface area contributed by atoms with Crippen LogP contribution in [0, 0.1) is 0 Å². The zero-order valence-electron chi connectivity index (χ0n) is 13.8. The number of carbonyl (C=O) groups excluding carboxylic acids is 1. The van der Waals surface area contributed by atoms with Crippen LogP contribution in [-0.4, -0.2) is 45.8 Å². The largest absolute Gasteiger partial charge is 0.480 e. The summed E-state index contributed by atoms with van der Waals surface area (Å²) in [5.74, 6) is -1.41. The second-order valence-corrected chi connectivity index (χ2v) is 7.83. The lowest BCUT2D eigenvalue weighted by atomic mass is 10.1. The highest BCUT2D eigenvalue weighted by Crippen LogP contribution is 2.32. The van der Waals surface area contributed by atoms with Gasteiger partial charge >= 0.3 is 5.97 Å². The van der Waals surface area contributed by atoms with Gasteiger partial charge in [-0.3, -0.25) is 14.5 Å². The molecule has 0 radical (unpaired) electrons. The Labute approximate surface area is 156 Å². The van der Waals surface area contributed by atoms with E-state index in [-0.39, 0.29) is 5.91 Å². The molecule has 2 aliphatic rings. The highest BCUT2D eigenvalue weighted by Gasteiger charge is 2.33. The topological polar surface area (TPSA) is 60.9 Å². The maximum absolute atomic E-state index is 12.3. The minimum absolute atomic E-state index is 0.292. The summed E-state index contributed by atoms with van der Waals surface area (Å²) in [4.78, 5) is 27.1. The Hall–Kier alpha value is -1.86. The third-order valence-electron chi connectivity index (χ3n) is 4.33. The van der Waals surface area contributed by atoms with Gasteiger partial charge in [-0.25, -0.2) is 0 Å². The van der Waals surface area contributed by atoms with Crippen LogP contribution in [0.25, 0.3) is 6.08 Å². The van der Waals surface area contributed by atoms with E-state index < -0.39 is 12.5 Å². The van der Waals surface area contributed by atoms with Crippen molar-refractivity contribution in [2.75, 3.05) is 24.5 Å². The number of aliphatic carboxylic acids is 1. The first-order valence-electron chi connectivity index (χ1n) is 8.37. The minimum Gasteiger partial charge on any atom is -0.480 e. The van der Waals surface area contributed by atoms with Gasteiger partial charge in [0.2, 0.25) is 0 Å². The molecule has 2 saturated heterocycles. The third-order valence-corrected chi connectivity index (χ3v) is 5.71. The Morgan fingerprint density at radius 3 is 2.40 bits per heavy atom. The highest BCUT2D eigenvalue weighted by atomic mass is 32.2. The molecular weight excluding hydrogens is 356 g/mol. The molecule has 2 fully saturated rings. The van der Waals surface area contributed by atoms with Crippen LogP contribution in [0.15, 0.2) is 29.2 Å². The standard InChI is InChI=1S/C18H20N2O3S2/c21-16(22)12-20-17(23)15(25-18(20)24)11-13-5-7-14(8-6-13)19-9-3-1-2-4-10-19/h5-8,11H,1-4,9-10,12H2,(H,21,22)/b15-11-. The van der Waals surface area contributed by atoms with Crippen LogP contribution in [0.3, 0.4) is 0 Å². The second kappa shape index (κ2) is 8.01. The molecule has 0 unspecified atom stereocenters. The number of nitrogens with zero attached hydrogens (tertiary/aromatic N) is 2. The lowest BCUT2D eigenvalue weighted by Crippen LogP contribution is -2.33. The fourth-order valence-corrected chi connectivity index (χ4v) is 4.29. The van der Waals surface area contributed by atoms with E-state index in [9.17, 15) is 9.59 Å². The lowest BCUT2D eigenvalue weighted by Gasteiger charge is -2.22. The Kier molecular flexibility index (Phi) is 5.75. The molecule has 0 aliphatic carbocycles. The van der Waals surface area contributed by atoms with Crippen molar-refractivity contribution in [2.45, 2.75) is 25.7 Å². The van der Waals surface area contributed by atoms with Crippen molar-refractivity contribution in [3.8, 4) is 0 Å². The molecule has 1 aromatic carbocycles. The number of hydrogen-bond acceptors (Lipinski definition) is 5. The van der Waals surface area contributed by atoms with Crippen molar-refractivity contribution in [3.05, 3.63) is 34.7 Å². The molecule has 3 rings (SSSR count). The van der Waals surface area contributed by atoms with E-state index in [0.717, 1.165) is 35.3 Å². The molecule has 2 aliphatic heterocycles. The maximum Gasteiger partial charge on any atom is 0.323 e. The van der Waals surface area contributed by atoms with Crippen molar-refractivity contribution < 1.29 is 14.7 Å². The molecule has 1 amide bonds. The van der Waals surface area contributed by atoms with Crippen LogP contribution in [0.5, 0.6) is 0 Å². The Bertz CT molecular complexity index is 708. The molecule has 0 atom stereocenters. The molecular formula is C18H20N2O3S2. The summed E-state index contributed by atoms with van der Waals surface area (Å²) in [6.45, 7) is 1.79. The summed E-state index contributed by atoms with van der Waals surface area (Å²) >= 11 is 6.25. The molecule has 5 nitrogen and oxygen atoms in total. The van der Waals surface area contributed by atoms with Crippen molar-refractivity contribution in [3.63, 3.8) is 0 Å².